The van der Waals surface area contributed by atoms with Crippen molar-refractivity contribution in [3.8, 4) is 0 Å². The fourth-order valence-corrected chi connectivity index (χ4v) is 3.86. The molecule has 1 aliphatic heterocycles. The van der Waals surface area contributed by atoms with Gasteiger partial charge in [0.15, 0.2) is 5.96 Å². The SMILES string of the molecule is CCC(C)C(N)C(=O)NC(CCC(N)=O)C(=O)N1CCCC1C(=O)NC(CCCN=C(N)N)C(=O)O. The number of nitrogens with zero attached hydrogens (tertiary/aromatic N) is 2. The molecule has 1 saturated heterocycles. The van der Waals surface area contributed by atoms with Gasteiger partial charge in [-0.05, 0) is 38.0 Å². The Morgan fingerprint density at radius 2 is 1.75 bits per heavy atom. The first kappa shape index (κ1) is 30.6. The summed E-state index contributed by atoms with van der Waals surface area (Å²) in [5, 5.41) is 14.6. The molecule has 5 unspecified atom stereocenters. The number of primary amides is 1. The maximum absolute atomic E-state index is 13.3. The van der Waals surface area contributed by atoms with Crippen molar-refractivity contribution in [2.45, 2.75) is 83.0 Å². The van der Waals surface area contributed by atoms with Gasteiger partial charge in [-0.2, -0.15) is 0 Å². The van der Waals surface area contributed by atoms with Crippen LogP contribution in [0.3, 0.4) is 0 Å². The lowest BCUT2D eigenvalue weighted by Gasteiger charge is -2.30. The summed E-state index contributed by atoms with van der Waals surface area (Å²) in [5.41, 5.74) is 21.7. The minimum atomic E-state index is -1.23. The first-order valence-electron chi connectivity index (χ1n) is 12.1. The van der Waals surface area contributed by atoms with Crippen LogP contribution >= 0.6 is 0 Å². The number of guanidine groups is 1. The molecule has 0 radical (unpaired) electrons. The van der Waals surface area contributed by atoms with Gasteiger partial charge in [-0.25, -0.2) is 4.79 Å². The Bertz CT molecular complexity index is 831. The second-order valence-electron chi connectivity index (χ2n) is 9.02. The highest BCUT2D eigenvalue weighted by Crippen LogP contribution is 2.20. The second-order valence-corrected chi connectivity index (χ2v) is 9.02. The highest BCUT2D eigenvalue weighted by atomic mass is 16.4. The molecule has 0 aromatic rings. The summed E-state index contributed by atoms with van der Waals surface area (Å²) >= 11 is 0. The van der Waals surface area contributed by atoms with Crippen LogP contribution in [0.5, 0.6) is 0 Å². The van der Waals surface area contributed by atoms with Gasteiger partial charge in [-0.15, -0.1) is 0 Å². The molecule has 0 aromatic heterocycles. The first-order chi connectivity index (χ1) is 16.9. The molecule has 4 amide bonds. The van der Waals surface area contributed by atoms with Gasteiger partial charge in [0.05, 0.1) is 6.04 Å². The van der Waals surface area contributed by atoms with Crippen LogP contribution < -0.4 is 33.6 Å². The van der Waals surface area contributed by atoms with Crippen molar-refractivity contribution < 1.29 is 29.1 Å². The summed E-state index contributed by atoms with van der Waals surface area (Å²) in [6, 6.07) is -4.08. The van der Waals surface area contributed by atoms with Gasteiger partial charge < -0.3 is 43.6 Å². The van der Waals surface area contributed by atoms with Gasteiger partial charge >= 0.3 is 5.97 Å². The average molecular weight is 513 g/mol. The Balaban J connectivity index is 2.94. The van der Waals surface area contributed by atoms with E-state index >= 15 is 0 Å². The van der Waals surface area contributed by atoms with E-state index in [1.54, 1.807) is 0 Å². The number of aliphatic carboxylic acids is 1. The molecule has 1 aliphatic rings. The largest absolute Gasteiger partial charge is 0.480 e. The molecule has 14 heteroatoms. The third-order valence-electron chi connectivity index (χ3n) is 6.25. The number of rotatable bonds is 15. The first-order valence-corrected chi connectivity index (χ1v) is 12.1. The van der Waals surface area contributed by atoms with Crippen LogP contribution in [0, 0.1) is 5.92 Å². The van der Waals surface area contributed by atoms with Gasteiger partial charge in [0.25, 0.3) is 0 Å². The van der Waals surface area contributed by atoms with Gasteiger partial charge in [0, 0.05) is 19.5 Å². The van der Waals surface area contributed by atoms with Crippen LogP contribution in [0.2, 0.25) is 0 Å². The smallest absolute Gasteiger partial charge is 0.326 e. The van der Waals surface area contributed by atoms with Crippen molar-refractivity contribution in [2.24, 2.45) is 33.8 Å². The van der Waals surface area contributed by atoms with E-state index in [2.05, 4.69) is 15.6 Å². The molecule has 0 bridgehead atoms. The molecule has 1 rings (SSSR count). The maximum atomic E-state index is 13.3. The van der Waals surface area contributed by atoms with Gasteiger partial charge in [-0.3, -0.25) is 24.2 Å². The molecule has 1 heterocycles. The van der Waals surface area contributed by atoms with Crippen LogP contribution in [0.15, 0.2) is 4.99 Å². The Hall–Kier alpha value is -3.42. The van der Waals surface area contributed by atoms with Crippen LogP contribution in [0.4, 0.5) is 0 Å². The van der Waals surface area contributed by atoms with Crippen molar-refractivity contribution >= 4 is 35.6 Å². The fraction of sp³-hybridized carbons (Fsp3) is 0.727. The summed E-state index contributed by atoms with van der Waals surface area (Å²) in [6.45, 7) is 4.13. The summed E-state index contributed by atoms with van der Waals surface area (Å²) < 4.78 is 0. The third kappa shape index (κ3) is 9.68. The second kappa shape index (κ2) is 14.9. The zero-order valence-electron chi connectivity index (χ0n) is 20.9. The summed E-state index contributed by atoms with van der Waals surface area (Å²) in [6.07, 6.45) is 1.68. The van der Waals surface area contributed by atoms with E-state index in [0.29, 0.717) is 25.7 Å². The van der Waals surface area contributed by atoms with E-state index < -0.39 is 53.8 Å². The van der Waals surface area contributed by atoms with Crippen molar-refractivity contribution in [1.29, 1.82) is 0 Å². The zero-order chi connectivity index (χ0) is 27.4. The van der Waals surface area contributed by atoms with E-state index in [-0.39, 0.29) is 44.2 Å². The number of hydrogen-bond donors (Lipinski definition) is 7. The van der Waals surface area contributed by atoms with E-state index in [4.69, 9.17) is 22.9 Å². The number of amides is 4. The van der Waals surface area contributed by atoms with Crippen LogP contribution in [0.1, 0.15) is 58.8 Å². The minimum Gasteiger partial charge on any atom is -0.480 e. The molecule has 11 N–H and O–H groups in total. The Labute approximate surface area is 210 Å². The minimum absolute atomic E-state index is 0.0550. The Morgan fingerprint density at radius 1 is 1.08 bits per heavy atom. The summed E-state index contributed by atoms with van der Waals surface area (Å²) in [4.78, 5) is 67.0. The van der Waals surface area contributed by atoms with E-state index in [1.165, 1.54) is 4.90 Å². The van der Waals surface area contributed by atoms with Gasteiger partial charge in [-0.1, -0.05) is 20.3 Å². The van der Waals surface area contributed by atoms with E-state index in [9.17, 15) is 29.1 Å². The molecule has 14 nitrogen and oxygen atoms in total. The average Bonchev–Trinajstić information content (AvgIpc) is 3.31. The Morgan fingerprint density at radius 3 is 2.31 bits per heavy atom. The van der Waals surface area contributed by atoms with Gasteiger partial charge in [0.2, 0.25) is 23.6 Å². The quantitative estimate of drug-likeness (QED) is 0.0708. The molecule has 1 fully saturated rings. The molecular formula is C22H40N8O6. The lowest BCUT2D eigenvalue weighted by molar-refractivity contribution is -0.145. The lowest BCUT2D eigenvalue weighted by atomic mass is 9.98. The summed E-state index contributed by atoms with van der Waals surface area (Å²) in [7, 11) is 0. The van der Waals surface area contributed by atoms with Crippen LogP contribution in [-0.2, 0) is 24.0 Å². The monoisotopic (exact) mass is 512 g/mol. The number of likely N-dealkylation sites (tertiary alicyclic amines) is 1. The molecule has 0 spiro atoms. The third-order valence-corrected chi connectivity index (χ3v) is 6.25. The van der Waals surface area contributed by atoms with Crippen LogP contribution in [0.25, 0.3) is 0 Å². The van der Waals surface area contributed by atoms with Gasteiger partial charge in [0.1, 0.15) is 18.1 Å². The highest BCUT2D eigenvalue weighted by Gasteiger charge is 2.39. The molecule has 0 aliphatic carbocycles. The van der Waals surface area contributed by atoms with Crippen molar-refractivity contribution in [1.82, 2.24) is 15.5 Å². The summed E-state index contributed by atoms with van der Waals surface area (Å²) in [5.74, 6) is -3.84. The number of hydrogen-bond acceptors (Lipinski definition) is 7. The number of carboxylic acid groups (broad SMARTS) is 1. The predicted octanol–water partition coefficient (Wildman–Crippen LogP) is -2.28. The molecule has 36 heavy (non-hydrogen) atoms. The van der Waals surface area contributed by atoms with E-state index in [1.807, 2.05) is 13.8 Å². The topological polar surface area (TPSA) is 249 Å². The fourth-order valence-electron chi connectivity index (χ4n) is 3.86. The highest BCUT2D eigenvalue weighted by molar-refractivity contribution is 5.94. The number of nitrogens with one attached hydrogen (secondary N) is 2. The normalized spacial score (nSPS) is 18.4. The van der Waals surface area contributed by atoms with Crippen molar-refractivity contribution in [3.63, 3.8) is 0 Å². The predicted molar refractivity (Wildman–Crippen MR) is 132 cm³/mol. The van der Waals surface area contributed by atoms with E-state index in [0.717, 1.165) is 0 Å². The number of aliphatic imine (C=N–C) groups is 1. The number of carbonyl (C=O) groups is 5. The molecule has 0 aromatic carbocycles. The number of carbonyl (C=O) groups excluding carboxylic acids is 4. The molecule has 204 valence electrons. The maximum Gasteiger partial charge on any atom is 0.326 e. The standard InChI is InChI=1S/C22H40N8O6/c1-3-12(2)17(24)19(33)28-13(8-9-16(23)31)20(34)30-11-5-7-15(30)18(32)29-14(21(35)36)6-4-10-27-22(25)26/h12-15,17H,3-11,24H2,1-2H3,(H2,23,31)(H,28,33)(H,29,32)(H,35,36)(H4,25,26,27). The van der Waals surface area contributed by atoms with Crippen molar-refractivity contribution in [3.05, 3.63) is 0 Å². The zero-order valence-corrected chi connectivity index (χ0v) is 20.9. The van der Waals surface area contributed by atoms with Crippen LogP contribution in [-0.4, -0.2) is 82.8 Å². The molecule has 5 atom stereocenters. The number of nitrogens with two attached hydrogens (primary N) is 4. The Kier molecular flexibility index (Phi) is 12.6. The lowest BCUT2D eigenvalue weighted by Crippen LogP contribution is -2.57. The molecule has 0 saturated carbocycles. The number of carboxylic acids is 1. The molecular weight excluding hydrogens is 472 g/mol. The van der Waals surface area contributed by atoms with Crippen molar-refractivity contribution in [2.75, 3.05) is 13.1 Å².